The molecule has 0 amide bonds. The van der Waals surface area contributed by atoms with Gasteiger partial charge in [-0.1, -0.05) is 6.07 Å². The van der Waals surface area contributed by atoms with Gasteiger partial charge in [0.1, 0.15) is 5.38 Å². The molecule has 13 heavy (non-hydrogen) atoms. The van der Waals surface area contributed by atoms with Gasteiger partial charge in [0.25, 0.3) is 0 Å². The molecular weight excluding hydrogens is 300 g/mol. The van der Waals surface area contributed by atoms with Crippen LogP contribution < -0.4 is 5.73 Å². The van der Waals surface area contributed by atoms with E-state index >= 15 is 0 Å². The number of halogens is 2. The number of carbonyl (C=O) groups excluding carboxylic acids is 1. The first kappa shape index (κ1) is 10.8. The number of benzene rings is 1. The molecule has 0 saturated heterocycles. The van der Waals surface area contributed by atoms with Crippen LogP contribution in [-0.4, -0.2) is 5.78 Å². The Balaban J connectivity index is 3.03. The van der Waals surface area contributed by atoms with Crippen LogP contribution in [0.3, 0.4) is 0 Å². The first-order chi connectivity index (χ1) is 6.02. The van der Waals surface area contributed by atoms with Crippen LogP contribution in [0.15, 0.2) is 18.2 Å². The van der Waals surface area contributed by atoms with Crippen LogP contribution in [0.1, 0.15) is 17.9 Å². The van der Waals surface area contributed by atoms with Crippen molar-refractivity contribution in [3.63, 3.8) is 0 Å². The standard InChI is InChI=1S/C9H9ClINO/c1-5(13)9(10)6-2-3-7(11)8(12)4-6/h2-4,9H,12H2,1H3. The van der Waals surface area contributed by atoms with Crippen LogP contribution in [-0.2, 0) is 4.79 Å². The van der Waals surface area contributed by atoms with E-state index in [4.69, 9.17) is 17.3 Å². The van der Waals surface area contributed by atoms with Gasteiger partial charge in [-0.2, -0.15) is 0 Å². The molecule has 0 aromatic heterocycles. The van der Waals surface area contributed by atoms with E-state index in [0.717, 1.165) is 9.13 Å². The number of nitrogens with two attached hydrogens (primary N) is 1. The molecule has 70 valence electrons. The zero-order valence-electron chi connectivity index (χ0n) is 7.05. The molecule has 1 unspecified atom stereocenters. The minimum absolute atomic E-state index is 0.0673. The van der Waals surface area contributed by atoms with Crippen LogP contribution in [0, 0.1) is 3.57 Å². The number of carbonyl (C=O) groups is 1. The molecule has 0 heterocycles. The van der Waals surface area contributed by atoms with Crippen molar-refractivity contribution >= 4 is 45.7 Å². The lowest BCUT2D eigenvalue weighted by atomic mass is 10.1. The van der Waals surface area contributed by atoms with Gasteiger partial charge in [-0.05, 0) is 47.2 Å². The molecular formula is C9H9ClINO. The summed E-state index contributed by atoms with van der Waals surface area (Å²) in [4.78, 5) is 11.0. The maximum Gasteiger partial charge on any atom is 0.152 e. The quantitative estimate of drug-likeness (QED) is 0.518. The molecule has 1 rings (SSSR count). The van der Waals surface area contributed by atoms with Gasteiger partial charge >= 0.3 is 0 Å². The van der Waals surface area contributed by atoms with Crippen LogP contribution >= 0.6 is 34.2 Å². The molecule has 0 aliphatic heterocycles. The van der Waals surface area contributed by atoms with E-state index in [9.17, 15) is 4.79 Å². The molecule has 2 nitrogen and oxygen atoms in total. The Bertz CT molecular complexity index is 340. The highest BCUT2D eigenvalue weighted by molar-refractivity contribution is 14.1. The van der Waals surface area contributed by atoms with Crippen molar-refractivity contribution in [1.29, 1.82) is 0 Å². The third-order valence-electron chi connectivity index (χ3n) is 1.67. The molecule has 1 aromatic carbocycles. The van der Waals surface area contributed by atoms with Crippen LogP contribution in [0.4, 0.5) is 5.69 Å². The Labute approximate surface area is 95.6 Å². The Morgan fingerprint density at radius 1 is 1.62 bits per heavy atom. The lowest BCUT2D eigenvalue weighted by Crippen LogP contribution is -2.02. The van der Waals surface area contributed by atoms with Gasteiger partial charge in [-0.25, -0.2) is 0 Å². The SMILES string of the molecule is CC(=O)C(Cl)c1ccc(I)c(N)c1. The summed E-state index contributed by atoms with van der Waals surface area (Å²) in [5.41, 5.74) is 7.10. The zero-order valence-corrected chi connectivity index (χ0v) is 9.96. The van der Waals surface area contributed by atoms with Gasteiger partial charge in [0, 0.05) is 9.26 Å². The average molecular weight is 310 g/mol. The maximum absolute atomic E-state index is 11.0. The molecule has 4 heteroatoms. The average Bonchev–Trinajstić information content (AvgIpc) is 2.08. The maximum atomic E-state index is 11.0. The monoisotopic (exact) mass is 309 g/mol. The highest BCUT2D eigenvalue weighted by Crippen LogP contribution is 2.25. The summed E-state index contributed by atoms with van der Waals surface area (Å²) >= 11 is 7.99. The Morgan fingerprint density at radius 3 is 2.69 bits per heavy atom. The lowest BCUT2D eigenvalue weighted by Gasteiger charge is -2.07. The van der Waals surface area contributed by atoms with Gasteiger partial charge in [0.15, 0.2) is 5.78 Å². The predicted octanol–water partition coefficient (Wildman–Crippen LogP) is 2.74. The molecule has 0 bridgehead atoms. The molecule has 0 aliphatic rings. The van der Waals surface area contributed by atoms with Gasteiger partial charge < -0.3 is 5.73 Å². The number of Topliss-reactive ketones (excluding diaryl/α,β-unsaturated/α-hetero) is 1. The number of ketones is 1. The second kappa shape index (κ2) is 4.28. The highest BCUT2D eigenvalue weighted by Gasteiger charge is 2.13. The van der Waals surface area contributed by atoms with Gasteiger partial charge in [0.05, 0.1) is 0 Å². The predicted molar refractivity (Wildman–Crippen MR) is 62.8 cm³/mol. The number of alkyl halides is 1. The van der Waals surface area contributed by atoms with Crippen LogP contribution in [0.2, 0.25) is 0 Å². The Morgan fingerprint density at radius 2 is 2.23 bits per heavy atom. The fourth-order valence-corrected chi connectivity index (χ4v) is 1.43. The third-order valence-corrected chi connectivity index (χ3v) is 3.21. The molecule has 0 radical (unpaired) electrons. The lowest BCUT2D eigenvalue weighted by molar-refractivity contribution is -0.116. The Kier molecular flexibility index (Phi) is 3.55. The molecule has 0 aliphatic carbocycles. The fourth-order valence-electron chi connectivity index (χ4n) is 0.955. The summed E-state index contributed by atoms with van der Waals surface area (Å²) in [6.45, 7) is 1.46. The van der Waals surface area contributed by atoms with Crippen molar-refractivity contribution < 1.29 is 4.79 Å². The van der Waals surface area contributed by atoms with E-state index < -0.39 is 5.38 Å². The van der Waals surface area contributed by atoms with Crippen molar-refractivity contribution in [1.82, 2.24) is 0 Å². The summed E-state index contributed by atoms with van der Waals surface area (Å²) < 4.78 is 0.966. The van der Waals surface area contributed by atoms with Crippen molar-refractivity contribution in [2.24, 2.45) is 0 Å². The molecule has 1 atom stereocenters. The number of hydrogen-bond acceptors (Lipinski definition) is 2. The molecule has 2 N–H and O–H groups in total. The Hall–Kier alpha value is -0.290. The highest BCUT2D eigenvalue weighted by atomic mass is 127. The zero-order chi connectivity index (χ0) is 10.0. The molecule has 0 saturated carbocycles. The minimum atomic E-state index is -0.584. The normalized spacial score (nSPS) is 12.5. The molecule has 0 fully saturated rings. The number of anilines is 1. The van der Waals surface area contributed by atoms with Crippen molar-refractivity contribution in [3.8, 4) is 0 Å². The van der Waals surface area contributed by atoms with E-state index in [1.54, 1.807) is 6.07 Å². The topological polar surface area (TPSA) is 43.1 Å². The molecule has 0 spiro atoms. The van der Waals surface area contributed by atoms with E-state index in [1.807, 2.05) is 12.1 Å². The van der Waals surface area contributed by atoms with E-state index in [1.165, 1.54) is 6.92 Å². The largest absolute Gasteiger partial charge is 0.398 e. The first-order valence-corrected chi connectivity index (χ1v) is 5.23. The van der Waals surface area contributed by atoms with Crippen molar-refractivity contribution in [3.05, 3.63) is 27.3 Å². The number of rotatable bonds is 2. The second-order valence-corrected chi connectivity index (χ2v) is 4.35. The van der Waals surface area contributed by atoms with Gasteiger partial charge in [-0.15, -0.1) is 11.6 Å². The summed E-state index contributed by atoms with van der Waals surface area (Å²) in [7, 11) is 0. The summed E-state index contributed by atoms with van der Waals surface area (Å²) in [6.07, 6.45) is 0. The van der Waals surface area contributed by atoms with Gasteiger partial charge in [-0.3, -0.25) is 4.79 Å². The third kappa shape index (κ3) is 2.57. The van der Waals surface area contributed by atoms with Gasteiger partial charge in [0.2, 0.25) is 0 Å². The van der Waals surface area contributed by atoms with E-state index in [-0.39, 0.29) is 5.78 Å². The van der Waals surface area contributed by atoms with Crippen LogP contribution in [0.25, 0.3) is 0 Å². The van der Waals surface area contributed by atoms with Crippen molar-refractivity contribution in [2.45, 2.75) is 12.3 Å². The first-order valence-electron chi connectivity index (χ1n) is 3.72. The molecule has 1 aromatic rings. The van der Waals surface area contributed by atoms with E-state index in [0.29, 0.717) is 5.69 Å². The minimum Gasteiger partial charge on any atom is -0.398 e. The second-order valence-electron chi connectivity index (χ2n) is 2.75. The summed E-state index contributed by atoms with van der Waals surface area (Å²) in [5.74, 6) is -0.0673. The summed E-state index contributed by atoms with van der Waals surface area (Å²) in [5, 5.41) is -0.584. The number of hydrogen-bond donors (Lipinski definition) is 1. The number of nitrogen functional groups attached to an aromatic ring is 1. The van der Waals surface area contributed by atoms with Crippen molar-refractivity contribution in [2.75, 3.05) is 5.73 Å². The summed E-state index contributed by atoms with van der Waals surface area (Å²) in [6, 6.07) is 5.40. The smallest absolute Gasteiger partial charge is 0.152 e. The fraction of sp³-hybridized carbons (Fsp3) is 0.222. The van der Waals surface area contributed by atoms with E-state index in [2.05, 4.69) is 22.6 Å². The van der Waals surface area contributed by atoms with Crippen LogP contribution in [0.5, 0.6) is 0 Å².